The Morgan fingerprint density at radius 1 is 1.33 bits per heavy atom. The van der Waals surface area contributed by atoms with Crippen LogP contribution in [-0.4, -0.2) is 50.0 Å². The first-order valence-corrected chi connectivity index (χ1v) is 8.65. The lowest BCUT2D eigenvalue weighted by atomic mass is 9.86. The number of nitrogens with zero attached hydrogens (tertiary/aromatic N) is 1. The molecule has 5 heteroatoms. The van der Waals surface area contributed by atoms with E-state index >= 15 is 0 Å². The summed E-state index contributed by atoms with van der Waals surface area (Å²) < 4.78 is 23.2. The molecule has 1 aliphatic heterocycles. The van der Waals surface area contributed by atoms with Crippen LogP contribution in [0.2, 0.25) is 0 Å². The molecule has 2 N–H and O–H groups in total. The van der Waals surface area contributed by atoms with Crippen molar-refractivity contribution in [2.24, 2.45) is 11.1 Å². The molecule has 1 heterocycles. The van der Waals surface area contributed by atoms with Gasteiger partial charge in [-0.2, -0.15) is 0 Å². The monoisotopic (exact) mass is 274 g/mol. The van der Waals surface area contributed by atoms with Gasteiger partial charge in [-0.1, -0.05) is 13.8 Å². The molecule has 2 fully saturated rings. The van der Waals surface area contributed by atoms with E-state index in [1.54, 1.807) is 0 Å². The second-order valence-corrected chi connectivity index (χ2v) is 9.17. The van der Waals surface area contributed by atoms with E-state index in [-0.39, 0.29) is 11.6 Å². The Bertz CT molecular complexity index is 419. The van der Waals surface area contributed by atoms with Gasteiger partial charge in [-0.3, -0.25) is 4.90 Å². The third-order valence-corrected chi connectivity index (χ3v) is 6.71. The molecule has 0 radical (unpaired) electrons. The molecule has 0 spiro atoms. The number of likely N-dealkylation sites (N-methyl/N-ethyl adjacent to an activating group) is 1. The summed E-state index contributed by atoms with van der Waals surface area (Å²) >= 11 is 0. The molecule has 0 amide bonds. The van der Waals surface area contributed by atoms with E-state index in [9.17, 15) is 8.42 Å². The minimum atomic E-state index is -2.82. The maximum Gasteiger partial charge on any atom is 0.151 e. The largest absolute Gasteiger partial charge is 0.329 e. The summed E-state index contributed by atoms with van der Waals surface area (Å²) in [6, 6.07) is 0.160. The first-order chi connectivity index (χ1) is 8.20. The van der Waals surface area contributed by atoms with Crippen molar-refractivity contribution in [2.75, 3.05) is 25.1 Å². The molecule has 0 bridgehead atoms. The zero-order chi connectivity index (χ0) is 13.6. The molecule has 0 aromatic rings. The Morgan fingerprint density at radius 3 is 2.39 bits per heavy atom. The first kappa shape index (κ1) is 14.3. The fourth-order valence-corrected chi connectivity index (χ4v) is 5.50. The summed E-state index contributed by atoms with van der Waals surface area (Å²) in [7, 11) is -0.747. The first-order valence-electron chi connectivity index (χ1n) is 6.83. The van der Waals surface area contributed by atoms with E-state index in [1.807, 2.05) is 0 Å². The second-order valence-electron chi connectivity index (χ2n) is 6.94. The van der Waals surface area contributed by atoms with Gasteiger partial charge in [0.05, 0.1) is 11.5 Å². The summed E-state index contributed by atoms with van der Waals surface area (Å²) in [5.41, 5.74) is 6.37. The Balaban J connectivity index is 2.14. The number of hydrogen-bond donors (Lipinski definition) is 1. The summed E-state index contributed by atoms with van der Waals surface area (Å²) in [4.78, 5) is 2.28. The Morgan fingerprint density at radius 2 is 2.00 bits per heavy atom. The molecule has 2 rings (SSSR count). The Hall–Kier alpha value is -0.130. The van der Waals surface area contributed by atoms with Gasteiger partial charge < -0.3 is 5.73 Å². The third kappa shape index (κ3) is 2.58. The van der Waals surface area contributed by atoms with E-state index in [4.69, 9.17) is 5.73 Å². The van der Waals surface area contributed by atoms with Gasteiger partial charge in [-0.05, 0) is 38.1 Å². The number of sulfone groups is 1. The number of nitrogens with two attached hydrogens (primary N) is 1. The van der Waals surface area contributed by atoms with Crippen LogP contribution < -0.4 is 5.73 Å². The molecule has 18 heavy (non-hydrogen) atoms. The highest BCUT2D eigenvalue weighted by Crippen LogP contribution is 2.46. The van der Waals surface area contributed by atoms with E-state index in [2.05, 4.69) is 25.8 Å². The van der Waals surface area contributed by atoms with Crippen molar-refractivity contribution in [3.05, 3.63) is 0 Å². The Kier molecular flexibility index (Phi) is 3.54. The number of rotatable bonds is 3. The van der Waals surface area contributed by atoms with Crippen molar-refractivity contribution in [1.29, 1.82) is 0 Å². The molecule has 1 saturated carbocycles. The quantitative estimate of drug-likeness (QED) is 0.834. The van der Waals surface area contributed by atoms with Crippen LogP contribution in [0.25, 0.3) is 0 Å². The second kappa shape index (κ2) is 4.46. The van der Waals surface area contributed by atoms with Crippen LogP contribution in [0.3, 0.4) is 0 Å². The molecule has 4 nitrogen and oxygen atoms in total. The van der Waals surface area contributed by atoms with Crippen molar-refractivity contribution in [2.45, 2.75) is 51.1 Å². The van der Waals surface area contributed by atoms with Crippen molar-refractivity contribution in [3.8, 4) is 0 Å². The van der Waals surface area contributed by atoms with Crippen LogP contribution in [-0.2, 0) is 9.84 Å². The predicted molar refractivity (Wildman–Crippen MR) is 74.2 cm³/mol. The molecule has 0 aromatic carbocycles. The molecular formula is C13H26N2O2S. The van der Waals surface area contributed by atoms with E-state index < -0.39 is 9.84 Å². The fourth-order valence-electron chi connectivity index (χ4n) is 3.73. The average Bonchev–Trinajstić information content (AvgIpc) is 2.78. The van der Waals surface area contributed by atoms with Crippen LogP contribution >= 0.6 is 0 Å². The van der Waals surface area contributed by atoms with Crippen molar-refractivity contribution < 1.29 is 8.42 Å². The maximum absolute atomic E-state index is 11.6. The zero-order valence-corrected chi connectivity index (χ0v) is 12.6. The van der Waals surface area contributed by atoms with Crippen LogP contribution in [0.5, 0.6) is 0 Å². The van der Waals surface area contributed by atoms with Crippen LogP contribution in [0.1, 0.15) is 39.5 Å². The molecule has 1 aliphatic carbocycles. The third-order valence-electron chi connectivity index (χ3n) is 4.96. The Labute approximate surface area is 111 Å². The topological polar surface area (TPSA) is 63.4 Å². The normalized spacial score (nSPS) is 38.4. The summed E-state index contributed by atoms with van der Waals surface area (Å²) in [6.07, 6.45) is 4.10. The molecular weight excluding hydrogens is 248 g/mol. The van der Waals surface area contributed by atoms with Crippen molar-refractivity contribution in [3.63, 3.8) is 0 Å². The zero-order valence-electron chi connectivity index (χ0n) is 11.8. The fraction of sp³-hybridized carbons (Fsp3) is 1.00. The highest BCUT2D eigenvalue weighted by atomic mass is 32.2. The van der Waals surface area contributed by atoms with Crippen LogP contribution in [0.15, 0.2) is 0 Å². The smallest absolute Gasteiger partial charge is 0.151 e. The van der Waals surface area contributed by atoms with Gasteiger partial charge in [0.2, 0.25) is 0 Å². The van der Waals surface area contributed by atoms with E-state index in [1.165, 1.54) is 6.42 Å². The average molecular weight is 274 g/mol. The van der Waals surface area contributed by atoms with E-state index in [0.29, 0.717) is 23.5 Å². The SMILES string of the molecule is CN(C1CCS(=O)(=O)C1)C1(CN)CCC(C)(C)C1. The molecule has 1 saturated heterocycles. The molecule has 2 aliphatic rings. The van der Waals surface area contributed by atoms with Gasteiger partial charge in [-0.15, -0.1) is 0 Å². The summed E-state index contributed by atoms with van der Waals surface area (Å²) in [6.45, 7) is 5.19. The lowest BCUT2D eigenvalue weighted by Gasteiger charge is -2.42. The minimum absolute atomic E-state index is 0.00796. The molecule has 2 atom stereocenters. The van der Waals surface area contributed by atoms with Gasteiger partial charge in [-0.25, -0.2) is 8.42 Å². The van der Waals surface area contributed by atoms with Gasteiger partial charge in [0.25, 0.3) is 0 Å². The predicted octanol–water partition coefficient (Wildman–Crippen LogP) is 1.01. The van der Waals surface area contributed by atoms with E-state index in [0.717, 1.165) is 19.3 Å². The molecule has 2 unspecified atom stereocenters. The maximum atomic E-state index is 11.6. The summed E-state index contributed by atoms with van der Waals surface area (Å²) in [5, 5.41) is 0. The van der Waals surface area contributed by atoms with Gasteiger partial charge >= 0.3 is 0 Å². The number of hydrogen-bond acceptors (Lipinski definition) is 4. The van der Waals surface area contributed by atoms with Gasteiger partial charge in [0.1, 0.15) is 0 Å². The minimum Gasteiger partial charge on any atom is -0.329 e. The van der Waals surface area contributed by atoms with Gasteiger partial charge in [0, 0.05) is 18.1 Å². The van der Waals surface area contributed by atoms with Crippen LogP contribution in [0.4, 0.5) is 0 Å². The highest BCUT2D eigenvalue weighted by molar-refractivity contribution is 7.91. The lowest BCUT2D eigenvalue weighted by Crippen LogP contribution is -2.55. The lowest BCUT2D eigenvalue weighted by molar-refractivity contribution is 0.0827. The van der Waals surface area contributed by atoms with Crippen molar-refractivity contribution in [1.82, 2.24) is 4.90 Å². The van der Waals surface area contributed by atoms with Gasteiger partial charge in [0.15, 0.2) is 9.84 Å². The molecule has 0 aromatic heterocycles. The van der Waals surface area contributed by atoms with Crippen molar-refractivity contribution >= 4 is 9.84 Å². The summed E-state index contributed by atoms with van der Waals surface area (Å²) in [5.74, 6) is 0.651. The standard InChI is InChI=1S/C13H26N2O2S/c1-12(2)5-6-13(9-12,10-14)15(3)11-4-7-18(16,17)8-11/h11H,4-10,14H2,1-3H3. The highest BCUT2D eigenvalue weighted by Gasteiger charge is 2.48. The molecule has 106 valence electrons. The van der Waals surface area contributed by atoms with Crippen LogP contribution in [0, 0.1) is 5.41 Å².